The summed E-state index contributed by atoms with van der Waals surface area (Å²) in [6, 6.07) is 1.88. The molecule has 0 aliphatic carbocycles. The largest absolute Gasteiger partial charge is 0.459 e. The number of hydrogen-bond acceptors (Lipinski definition) is 5. The number of carbonyl (C=O) groups excluding carboxylic acids is 1. The molecule has 2 aromatic heterocycles. The molecule has 3 N–H and O–H groups in total. The maximum Gasteiger partial charge on any atom is 0.287 e. The Morgan fingerprint density at radius 1 is 1.39 bits per heavy atom. The van der Waals surface area contributed by atoms with Gasteiger partial charge in [-0.1, -0.05) is 0 Å². The first-order valence-corrected chi connectivity index (χ1v) is 9.87. The zero-order valence-corrected chi connectivity index (χ0v) is 16.8. The van der Waals surface area contributed by atoms with Gasteiger partial charge in [-0.3, -0.25) is 9.79 Å². The van der Waals surface area contributed by atoms with E-state index in [-0.39, 0.29) is 11.9 Å². The summed E-state index contributed by atoms with van der Waals surface area (Å²) >= 11 is 0. The van der Waals surface area contributed by atoms with Crippen molar-refractivity contribution < 1.29 is 9.21 Å². The molecule has 0 spiro atoms. The van der Waals surface area contributed by atoms with Crippen LogP contribution in [0.1, 0.15) is 60.0 Å². The third-order valence-corrected chi connectivity index (χ3v) is 4.59. The highest BCUT2D eigenvalue weighted by Crippen LogP contribution is 2.22. The molecule has 1 aliphatic heterocycles. The number of aliphatic imine (C=N–C) groups is 1. The second-order valence-electron chi connectivity index (χ2n) is 6.88. The summed E-state index contributed by atoms with van der Waals surface area (Å²) in [5.74, 6) is 2.71. The number of hydrogen-bond donors (Lipinski definition) is 3. The van der Waals surface area contributed by atoms with E-state index in [2.05, 4.69) is 31.0 Å². The molecule has 3 heterocycles. The zero-order valence-electron chi connectivity index (χ0n) is 16.8. The SMILES string of the molecule is CCNC(=NCCCNC(=O)c1occc1C)NC1CCCn2nc(C)nc21. The molecule has 152 valence electrons. The summed E-state index contributed by atoms with van der Waals surface area (Å²) < 4.78 is 7.17. The van der Waals surface area contributed by atoms with Crippen LogP contribution in [0.5, 0.6) is 0 Å². The minimum atomic E-state index is -0.187. The van der Waals surface area contributed by atoms with Crippen LogP contribution in [-0.2, 0) is 6.54 Å². The lowest BCUT2D eigenvalue weighted by molar-refractivity contribution is 0.0925. The van der Waals surface area contributed by atoms with Crippen LogP contribution < -0.4 is 16.0 Å². The molecule has 3 rings (SSSR count). The molecule has 0 bridgehead atoms. The number of amides is 1. The Morgan fingerprint density at radius 2 is 2.25 bits per heavy atom. The molecular weight excluding hydrogens is 358 g/mol. The van der Waals surface area contributed by atoms with E-state index in [1.165, 1.54) is 6.26 Å². The van der Waals surface area contributed by atoms with Crippen molar-refractivity contribution in [2.24, 2.45) is 4.99 Å². The van der Waals surface area contributed by atoms with Crippen LogP contribution in [0.25, 0.3) is 0 Å². The fourth-order valence-corrected chi connectivity index (χ4v) is 3.25. The average Bonchev–Trinajstić information content (AvgIpc) is 3.26. The lowest BCUT2D eigenvalue weighted by Gasteiger charge is -2.25. The first-order chi connectivity index (χ1) is 13.6. The standard InChI is InChI=1S/C19H29N7O2/c1-4-20-19(24-15-7-5-11-26-17(15)23-14(3)25-26)22-10-6-9-21-18(27)16-13(2)8-12-28-16/h8,12,15H,4-7,9-11H2,1-3H3,(H,21,27)(H2,20,22,24). The normalized spacial score (nSPS) is 16.5. The molecule has 0 saturated carbocycles. The van der Waals surface area contributed by atoms with E-state index in [0.29, 0.717) is 18.8 Å². The highest BCUT2D eigenvalue weighted by Gasteiger charge is 2.24. The number of furan rings is 1. The van der Waals surface area contributed by atoms with Crippen molar-refractivity contribution in [3.63, 3.8) is 0 Å². The quantitative estimate of drug-likeness (QED) is 0.379. The van der Waals surface area contributed by atoms with Gasteiger partial charge >= 0.3 is 0 Å². The van der Waals surface area contributed by atoms with E-state index in [9.17, 15) is 4.79 Å². The number of rotatable bonds is 7. The van der Waals surface area contributed by atoms with Gasteiger partial charge in [0.2, 0.25) is 0 Å². The summed E-state index contributed by atoms with van der Waals surface area (Å²) in [4.78, 5) is 21.2. The van der Waals surface area contributed by atoms with Gasteiger partial charge in [-0.05, 0) is 46.1 Å². The van der Waals surface area contributed by atoms with Crippen molar-refractivity contribution in [3.8, 4) is 0 Å². The zero-order chi connectivity index (χ0) is 19.9. The molecule has 1 unspecified atom stereocenters. The van der Waals surface area contributed by atoms with E-state index in [0.717, 1.165) is 55.5 Å². The number of guanidine groups is 1. The molecule has 1 aliphatic rings. The molecule has 0 aromatic carbocycles. The second kappa shape index (κ2) is 9.38. The number of nitrogens with one attached hydrogen (secondary N) is 3. The predicted molar refractivity (Wildman–Crippen MR) is 106 cm³/mol. The third kappa shape index (κ3) is 4.90. The van der Waals surface area contributed by atoms with Crippen molar-refractivity contribution in [2.75, 3.05) is 19.6 Å². The molecule has 9 heteroatoms. The molecule has 0 radical (unpaired) electrons. The van der Waals surface area contributed by atoms with Gasteiger partial charge in [0.25, 0.3) is 5.91 Å². The summed E-state index contributed by atoms with van der Waals surface area (Å²) in [5, 5.41) is 14.1. The Balaban J connectivity index is 1.49. The van der Waals surface area contributed by atoms with Crippen LogP contribution in [0.3, 0.4) is 0 Å². The summed E-state index contributed by atoms with van der Waals surface area (Å²) in [7, 11) is 0. The Labute approximate surface area is 165 Å². The number of carbonyl (C=O) groups is 1. The number of aryl methyl sites for hydroxylation is 3. The topological polar surface area (TPSA) is 109 Å². The monoisotopic (exact) mass is 387 g/mol. The molecule has 0 fully saturated rings. The van der Waals surface area contributed by atoms with Crippen LogP contribution >= 0.6 is 0 Å². The first-order valence-electron chi connectivity index (χ1n) is 9.87. The highest BCUT2D eigenvalue weighted by molar-refractivity contribution is 5.92. The number of nitrogens with zero attached hydrogens (tertiary/aromatic N) is 4. The minimum Gasteiger partial charge on any atom is -0.459 e. The lowest BCUT2D eigenvalue weighted by atomic mass is 10.1. The fraction of sp³-hybridized carbons (Fsp3) is 0.579. The number of aromatic nitrogens is 3. The van der Waals surface area contributed by atoms with E-state index >= 15 is 0 Å². The summed E-state index contributed by atoms with van der Waals surface area (Å²) in [6.07, 6.45) is 4.32. The molecule has 1 atom stereocenters. The minimum absolute atomic E-state index is 0.106. The van der Waals surface area contributed by atoms with Gasteiger partial charge in [-0.25, -0.2) is 9.67 Å². The maximum absolute atomic E-state index is 12.0. The van der Waals surface area contributed by atoms with Crippen LogP contribution in [-0.4, -0.2) is 46.3 Å². The van der Waals surface area contributed by atoms with Crippen LogP contribution in [0.2, 0.25) is 0 Å². The highest BCUT2D eigenvalue weighted by atomic mass is 16.3. The van der Waals surface area contributed by atoms with E-state index in [4.69, 9.17) is 4.42 Å². The van der Waals surface area contributed by atoms with Gasteiger partial charge in [0, 0.05) is 31.7 Å². The van der Waals surface area contributed by atoms with Gasteiger partial charge in [0.05, 0.1) is 12.3 Å². The molecule has 2 aromatic rings. The molecule has 0 saturated heterocycles. The van der Waals surface area contributed by atoms with E-state index in [1.807, 2.05) is 25.5 Å². The Kier molecular flexibility index (Phi) is 6.67. The van der Waals surface area contributed by atoms with E-state index < -0.39 is 0 Å². The van der Waals surface area contributed by atoms with Gasteiger partial charge in [0.15, 0.2) is 11.7 Å². The van der Waals surface area contributed by atoms with Gasteiger partial charge in [0.1, 0.15) is 11.6 Å². The van der Waals surface area contributed by atoms with Crippen molar-refractivity contribution in [2.45, 2.75) is 52.6 Å². The van der Waals surface area contributed by atoms with Gasteiger partial charge < -0.3 is 20.4 Å². The van der Waals surface area contributed by atoms with Gasteiger partial charge in [-0.15, -0.1) is 0 Å². The molecule has 28 heavy (non-hydrogen) atoms. The van der Waals surface area contributed by atoms with Crippen molar-refractivity contribution >= 4 is 11.9 Å². The van der Waals surface area contributed by atoms with E-state index in [1.54, 1.807) is 6.07 Å². The Hall–Kier alpha value is -2.84. The summed E-state index contributed by atoms with van der Waals surface area (Å²) in [5.41, 5.74) is 0.838. The fourth-order valence-electron chi connectivity index (χ4n) is 3.25. The Morgan fingerprint density at radius 3 is 3.00 bits per heavy atom. The second-order valence-corrected chi connectivity index (χ2v) is 6.88. The maximum atomic E-state index is 12.0. The van der Waals surface area contributed by atoms with Crippen molar-refractivity contribution in [1.82, 2.24) is 30.7 Å². The molecular formula is C19H29N7O2. The van der Waals surface area contributed by atoms with Crippen LogP contribution in [0, 0.1) is 13.8 Å². The third-order valence-electron chi connectivity index (χ3n) is 4.59. The predicted octanol–water partition coefficient (Wildman–Crippen LogP) is 1.70. The average molecular weight is 387 g/mol. The Bertz CT molecular complexity index is 824. The summed E-state index contributed by atoms with van der Waals surface area (Å²) in [6.45, 7) is 8.64. The first kappa shape index (κ1) is 19.9. The number of fused-ring (bicyclic) bond motifs is 1. The van der Waals surface area contributed by atoms with Gasteiger partial charge in [-0.2, -0.15) is 5.10 Å². The smallest absolute Gasteiger partial charge is 0.287 e. The van der Waals surface area contributed by atoms with Crippen LogP contribution in [0.4, 0.5) is 0 Å². The van der Waals surface area contributed by atoms with Crippen molar-refractivity contribution in [1.29, 1.82) is 0 Å². The molecule has 9 nitrogen and oxygen atoms in total. The molecule has 1 amide bonds. The lowest BCUT2D eigenvalue weighted by Crippen LogP contribution is -2.41. The van der Waals surface area contributed by atoms with Crippen LogP contribution in [0.15, 0.2) is 21.7 Å². The van der Waals surface area contributed by atoms with Crippen molar-refractivity contribution in [3.05, 3.63) is 35.3 Å².